The number of aliphatic hydroxyl groups is 1. The van der Waals surface area contributed by atoms with Crippen molar-refractivity contribution in [3.8, 4) is 11.5 Å². The Labute approximate surface area is 355 Å². The molecule has 11 heteroatoms. The van der Waals surface area contributed by atoms with E-state index in [0.717, 1.165) is 29.7 Å². The van der Waals surface area contributed by atoms with Gasteiger partial charge in [0.2, 0.25) is 0 Å². The quantitative estimate of drug-likeness (QED) is 0.0579. The Morgan fingerprint density at radius 1 is 0.847 bits per heavy atom. The first-order chi connectivity index (χ1) is 28.3. The molecule has 0 aromatic heterocycles. The Morgan fingerprint density at radius 3 is 2.05 bits per heavy atom. The molecule has 1 heterocycles. The van der Waals surface area contributed by atoms with E-state index in [0.29, 0.717) is 62.6 Å². The van der Waals surface area contributed by atoms with Crippen molar-refractivity contribution in [3.05, 3.63) is 114 Å². The summed E-state index contributed by atoms with van der Waals surface area (Å²) in [6, 6.07) is 34.0. The van der Waals surface area contributed by atoms with Gasteiger partial charge in [0.25, 0.3) is 0 Å². The maximum absolute atomic E-state index is 13.5. The summed E-state index contributed by atoms with van der Waals surface area (Å²) >= 11 is 0. The number of benzene rings is 4. The summed E-state index contributed by atoms with van der Waals surface area (Å²) in [6.07, 6.45) is 7.87. The van der Waals surface area contributed by atoms with Gasteiger partial charge in [0.05, 0.1) is 10.1 Å². The molecule has 4 aromatic carbocycles. The predicted molar refractivity (Wildman–Crippen MR) is 243 cm³/mol. The molecule has 0 saturated carbocycles. The molecule has 1 saturated heterocycles. The molecule has 0 spiro atoms. The highest BCUT2D eigenvalue weighted by Crippen LogP contribution is 2.39. The number of nitrogens with zero attached hydrogens (tertiary/aromatic N) is 1. The van der Waals surface area contributed by atoms with Gasteiger partial charge in [-0.25, -0.2) is 13.2 Å². The topological polar surface area (TPSA) is 117 Å². The number of likely N-dealkylation sites (tertiary alicyclic amines) is 1. The Hall–Kier alpha value is -4.16. The molecule has 59 heavy (non-hydrogen) atoms. The summed E-state index contributed by atoms with van der Waals surface area (Å²) in [5.74, 6) is 1.49. The number of ether oxygens (including phenoxy) is 1. The van der Waals surface area contributed by atoms with Crippen molar-refractivity contribution in [1.82, 2.24) is 15.5 Å². The number of unbranched alkanes of at least 4 members (excludes halogenated alkanes) is 5. The van der Waals surface area contributed by atoms with Gasteiger partial charge in [-0.05, 0) is 96.0 Å². The first kappa shape index (κ1) is 45.9. The Kier molecular flexibility index (Phi) is 17.0. The van der Waals surface area contributed by atoms with E-state index in [2.05, 4.69) is 86.9 Å². The Morgan fingerprint density at radius 2 is 1.46 bits per heavy atom. The van der Waals surface area contributed by atoms with Crippen molar-refractivity contribution in [1.29, 1.82) is 0 Å². The number of nitrogens with one attached hydrogen (secondary N) is 2. The van der Waals surface area contributed by atoms with Gasteiger partial charge in [-0.1, -0.05) is 133 Å². The second-order valence-electron chi connectivity index (χ2n) is 17.0. The highest BCUT2D eigenvalue weighted by molar-refractivity contribution is 7.92. The number of hydrogen-bond donors (Lipinski definition) is 3. The number of aryl methyl sites for hydroxylation is 1. The summed E-state index contributed by atoms with van der Waals surface area (Å²) in [4.78, 5) is 14.7. The van der Waals surface area contributed by atoms with Crippen LogP contribution in [0.15, 0.2) is 108 Å². The number of sulfone groups is 1. The number of rotatable bonds is 21. The average molecular weight is 842 g/mol. The van der Waals surface area contributed by atoms with Crippen molar-refractivity contribution < 1.29 is 27.5 Å². The minimum Gasteiger partial charge on any atom is -0.534 e. The fraction of sp³-hybridized carbons (Fsp3) is 0.479. The fourth-order valence-corrected chi connectivity index (χ4v) is 14.2. The van der Waals surface area contributed by atoms with E-state index in [1.807, 2.05) is 49.4 Å². The molecule has 3 N–H and O–H groups in total. The van der Waals surface area contributed by atoms with Crippen molar-refractivity contribution >= 4 is 34.6 Å². The molecule has 2 amide bonds. The first-order valence-electron chi connectivity index (χ1n) is 21.6. The molecular weight excluding hydrogens is 775 g/mol. The molecule has 1 aliphatic heterocycles. The van der Waals surface area contributed by atoms with Crippen LogP contribution in [0.4, 0.5) is 4.79 Å². The second kappa shape index (κ2) is 21.9. The lowest BCUT2D eigenvalue weighted by Crippen LogP contribution is -2.68. The molecule has 1 atom stereocenters. The van der Waals surface area contributed by atoms with Gasteiger partial charge in [-0.15, -0.1) is 0 Å². The van der Waals surface area contributed by atoms with E-state index in [-0.39, 0.29) is 17.7 Å². The third-order valence-electron chi connectivity index (χ3n) is 11.5. The zero-order valence-corrected chi connectivity index (χ0v) is 37.7. The lowest BCUT2D eigenvalue weighted by atomic mass is 10.1. The smallest absolute Gasteiger partial charge is 0.319 e. The molecule has 1 fully saturated rings. The van der Waals surface area contributed by atoms with E-state index in [4.69, 9.17) is 9.16 Å². The molecule has 9 nitrogen and oxygen atoms in total. The van der Waals surface area contributed by atoms with Crippen LogP contribution in [0.3, 0.4) is 0 Å². The van der Waals surface area contributed by atoms with Gasteiger partial charge < -0.3 is 29.8 Å². The molecule has 4 aromatic rings. The lowest BCUT2D eigenvalue weighted by molar-refractivity contribution is 0.106. The fourth-order valence-electron chi connectivity index (χ4n) is 8.01. The molecule has 320 valence electrons. The second-order valence-corrected chi connectivity index (χ2v) is 23.4. The highest BCUT2D eigenvalue weighted by atomic mass is 32.2. The number of carbonyl (C=O) groups is 1. The third-order valence-corrected chi connectivity index (χ3v) is 18.7. The maximum Gasteiger partial charge on any atom is 0.319 e. The van der Waals surface area contributed by atoms with E-state index in [1.54, 1.807) is 17.0 Å². The number of hydrogen-bond acceptors (Lipinski definition) is 7. The minimum absolute atomic E-state index is 0.0916. The van der Waals surface area contributed by atoms with E-state index < -0.39 is 29.5 Å². The van der Waals surface area contributed by atoms with E-state index in [9.17, 15) is 18.3 Å². The summed E-state index contributed by atoms with van der Waals surface area (Å²) in [5, 5.41) is 18.8. The molecular formula is C48H67N3O6SSi. The molecule has 0 aliphatic carbocycles. The van der Waals surface area contributed by atoms with Gasteiger partial charge in [0, 0.05) is 26.2 Å². The van der Waals surface area contributed by atoms with Crippen molar-refractivity contribution in [2.45, 2.75) is 114 Å². The predicted octanol–water partition coefficient (Wildman–Crippen LogP) is 7.81. The standard InChI is InChI=1S/C48H67N3O6SSi/c1-6-7-8-9-10-17-31-50-47(53)51-33-29-43(30-34-51)58(54,55)42-25-22-39(23-26-42)28-32-49-36-40(52)37-56-41-24-27-46(38(2)35-41)57-59(48(3,4)5,44-18-13-11-14-19-44)45-20-15-12-16-21-45/h11-16,18-27,35,40,43,49,52H,6-10,17,28-34,36-37H2,1-5H3,(H,50,53)/t40-/m0/s1. The number of aliphatic hydroxyl groups excluding tert-OH is 1. The average Bonchev–Trinajstić information content (AvgIpc) is 3.24. The van der Waals surface area contributed by atoms with Crippen LogP contribution in [0, 0.1) is 6.92 Å². The molecule has 1 aliphatic rings. The number of carbonyl (C=O) groups excluding carboxylic acids is 1. The van der Waals surface area contributed by atoms with E-state index in [1.165, 1.54) is 36.1 Å². The largest absolute Gasteiger partial charge is 0.534 e. The number of piperidine rings is 1. The van der Waals surface area contributed by atoms with Crippen LogP contribution in [0.5, 0.6) is 11.5 Å². The van der Waals surface area contributed by atoms with Crippen LogP contribution >= 0.6 is 0 Å². The number of urea groups is 1. The summed E-state index contributed by atoms with van der Waals surface area (Å²) < 4.78 is 40.1. The molecule has 5 rings (SSSR count). The summed E-state index contributed by atoms with van der Waals surface area (Å²) in [6.45, 7) is 13.7. The molecule has 0 radical (unpaired) electrons. The lowest BCUT2D eigenvalue weighted by Gasteiger charge is -2.43. The monoisotopic (exact) mass is 841 g/mol. The first-order valence-corrected chi connectivity index (χ1v) is 25.1. The van der Waals surface area contributed by atoms with Crippen LogP contribution in [0.1, 0.15) is 90.2 Å². The normalized spacial score (nSPS) is 14.5. The van der Waals surface area contributed by atoms with Crippen LogP contribution in [0.25, 0.3) is 0 Å². The van der Waals surface area contributed by atoms with Gasteiger partial charge >= 0.3 is 14.3 Å². The van der Waals surface area contributed by atoms with Crippen LogP contribution in [-0.4, -0.2) is 83.5 Å². The van der Waals surface area contributed by atoms with Gasteiger partial charge in [-0.3, -0.25) is 0 Å². The van der Waals surface area contributed by atoms with Gasteiger partial charge in [0.15, 0.2) is 9.84 Å². The number of amides is 2. The van der Waals surface area contributed by atoms with Gasteiger partial charge in [0.1, 0.15) is 24.2 Å². The van der Waals surface area contributed by atoms with Crippen LogP contribution in [0.2, 0.25) is 5.04 Å². The summed E-state index contributed by atoms with van der Waals surface area (Å²) in [5.41, 5.74) is 1.97. The highest BCUT2D eigenvalue weighted by Gasteiger charge is 2.52. The zero-order valence-electron chi connectivity index (χ0n) is 35.9. The molecule has 0 bridgehead atoms. The summed E-state index contributed by atoms with van der Waals surface area (Å²) in [7, 11) is -6.27. The van der Waals surface area contributed by atoms with Crippen LogP contribution < -0.4 is 30.2 Å². The van der Waals surface area contributed by atoms with Crippen LogP contribution in [-0.2, 0) is 16.3 Å². The van der Waals surface area contributed by atoms with Crippen molar-refractivity contribution in [2.24, 2.45) is 0 Å². The minimum atomic E-state index is -3.49. The van der Waals surface area contributed by atoms with Crippen molar-refractivity contribution in [3.63, 3.8) is 0 Å². The Bertz CT molecular complexity index is 1940. The Balaban J connectivity index is 1.04. The molecule has 0 unspecified atom stereocenters. The maximum atomic E-state index is 13.5. The van der Waals surface area contributed by atoms with Crippen molar-refractivity contribution in [2.75, 3.05) is 39.3 Å². The third kappa shape index (κ3) is 12.4. The van der Waals surface area contributed by atoms with Gasteiger partial charge in [-0.2, -0.15) is 0 Å². The SMILES string of the molecule is CCCCCCCCNC(=O)N1CCC(S(=O)(=O)c2ccc(CCNC[C@H](O)COc3ccc(O[Si](c4ccccc4)(c4ccccc4)C(C)(C)C)c(C)c3)cc2)CC1. The zero-order chi connectivity index (χ0) is 42.3. The van der Waals surface area contributed by atoms with E-state index >= 15 is 0 Å².